The van der Waals surface area contributed by atoms with E-state index in [1.807, 2.05) is 4.90 Å². The van der Waals surface area contributed by atoms with Gasteiger partial charge >= 0.3 is 0 Å². The minimum absolute atomic E-state index is 0.0240. The average Bonchev–Trinajstić information content (AvgIpc) is 3.15. The quantitative estimate of drug-likeness (QED) is 0.816. The summed E-state index contributed by atoms with van der Waals surface area (Å²) < 4.78 is 14.3. The van der Waals surface area contributed by atoms with E-state index in [9.17, 15) is 9.18 Å². The van der Waals surface area contributed by atoms with Crippen LogP contribution >= 0.6 is 0 Å². The topological polar surface area (TPSA) is 63.9 Å². The summed E-state index contributed by atoms with van der Waals surface area (Å²) in [6.07, 6.45) is 3.45. The molecule has 1 aliphatic rings. The largest absolute Gasteiger partial charge is 0.334 e. The second kappa shape index (κ2) is 5.36. The van der Waals surface area contributed by atoms with E-state index in [1.165, 1.54) is 23.1 Å². The molecular weight excluding hydrogens is 261 g/mol. The molecule has 0 unspecified atom stereocenters. The van der Waals surface area contributed by atoms with Gasteiger partial charge in [0.15, 0.2) is 0 Å². The lowest BCUT2D eigenvalue weighted by molar-refractivity contribution is -0.133. The van der Waals surface area contributed by atoms with Crippen molar-refractivity contribution in [2.75, 3.05) is 0 Å². The van der Waals surface area contributed by atoms with E-state index in [4.69, 9.17) is 0 Å². The van der Waals surface area contributed by atoms with Crippen molar-refractivity contribution in [3.63, 3.8) is 0 Å². The minimum atomic E-state index is -0.272. The van der Waals surface area contributed by atoms with Gasteiger partial charge in [-0.2, -0.15) is 0 Å². The van der Waals surface area contributed by atoms with Crippen LogP contribution in [0.25, 0.3) is 0 Å². The number of benzene rings is 1. The van der Waals surface area contributed by atoms with Gasteiger partial charge in [-0.05, 0) is 41.0 Å². The van der Waals surface area contributed by atoms with Crippen molar-refractivity contribution in [1.82, 2.24) is 25.1 Å². The first kappa shape index (κ1) is 12.7. The lowest BCUT2D eigenvalue weighted by atomic mass is 10.2. The van der Waals surface area contributed by atoms with Crippen molar-refractivity contribution in [1.29, 1.82) is 0 Å². The molecule has 104 valence electrons. The molecular formula is C13H14FN5O. The summed E-state index contributed by atoms with van der Waals surface area (Å²) in [5.41, 5.74) is 0.920. The van der Waals surface area contributed by atoms with E-state index in [0.29, 0.717) is 6.54 Å². The van der Waals surface area contributed by atoms with Crippen molar-refractivity contribution in [2.45, 2.75) is 32.0 Å². The van der Waals surface area contributed by atoms with Gasteiger partial charge < -0.3 is 4.90 Å². The number of rotatable bonds is 5. The second-order valence-corrected chi connectivity index (χ2v) is 4.89. The van der Waals surface area contributed by atoms with Crippen LogP contribution in [-0.2, 0) is 17.9 Å². The van der Waals surface area contributed by atoms with Crippen molar-refractivity contribution in [2.24, 2.45) is 0 Å². The molecule has 1 aromatic carbocycles. The fourth-order valence-corrected chi connectivity index (χ4v) is 2.08. The fraction of sp³-hybridized carbons (Fsp3) is 0.385. The predicted molar refractivity (Wildman–Crippen MR) is 67.8 cm³/mol. The van der Waals surface area contributed by atoms with Gasteiger partial charge in [0.25, 0.3) is 0 Å². The summed E-state index contributed by atoms with van der Waals surface area (Å²) in [5.74, 6) is -0.295. The van der Waals surface area contributed by atoms with Crippen LogP contribution < -0.4 is 0 Å². The highest BCUT2D eigenvalue weighted by molar-refractivity contribution is 5.76. The number of carbonyl (C=O) groups is 1. The van der Waals surface area contributed by atoms with Crippen LogP contribution in [0.15, 0.2) is 30.6 Å². The van der Waals surface area contributed by atoms with Crippen LogP contribution in [0.5, 0.6) is 0 Å². The number of tetrazole rings is 1. The van der Waals surface area contributed by atoms with Crippen LogP contribution in [0.2, 0.25) is 0 Å². The monoisotopic (exact) mass is 275 g/mol. The zero-order valence-corrected chi connectivity index (χ0v) is 10.8. The van der Waals surface area contributed by atoms with Crippen LogP contribution in [-0.4, -0.2) is 37.1 Å². The molecule has 0 aliphatic heterocycles. The van der Waals surface area contributed by atoms with Crippen molar-refractivity contribution in [3.05, 3.63) is 42.0 Å². The molecule has 1 fully saturated rings. The molecule has 1 saturated carbocycles. The molecule has 1 aliphatic carbocycles. The van der Waals surface area contributed by atoms with E-state index >= 15 is 0 Å². The Hall–Kier alpha value is -2.31. The van der Waals surface area contributed by atoms with E-state index in [-0.39, 0.29) is 24.3 Å². The number of halogens is 1. The van der Waals surface area contributed by atoms with E-state index in [0.717, 1.165) is 18.4 Å². The van der Waals surface area contributed by atoms with Crippen LogP contribution in [0, 0.1) is 5.82 Å². The third-order valence-corrected chi connectivity index (χ3v) is 3.26. The standard InChI is InChI=1S/C13H14FN5O/c14-11-3-1-10(2-4-11)7-19(12-5-6-12)13(20)8-18-9-15-16-17-18/h1-4,9,12H,5-8H2. The second-order valence-electron chi connectivity index (χ2n) is 4.89. The smallest absolute Gasteiger partial charge is 0.244 e. The summed E-state index contributed by atoms with van der Waals surface area (Å²) >= 11 is 0. The van der Waals surface area contributed by atoms with E-state index in [2.05, 4.69) is 15.5 Å². The summed E-state index contributed by atoms with van der Waals surface area (Å²) in [7, 11) is 0. The van der Waals surface area contributed by atoms with Gasteiger partial charge in [-0.25, -0.2) is 9.07 Å². The highest BCUT2D eigenvalue weighted by atomic mass is 19.1. The molecule has 20 heavy (non-hydrogen) atoms. The molecule has 6 nitrogen and oxygen atoms in total. The number of hydrogen-bond donors (Lipinski definition) is 0. The van der Waals surface area contributed by atoms with E-state index < -0.39 is 0 Å². The normalized spacial score (nSPS) is 14.2. The maximum Gasteiger partial charge on any atom is 0.244 e. The fourth-order valence-electron chi connectivity index (χ4n) is 2.08. The minimum Gasteiger partial charge on any atom is -0.334 e. The predicted octanol–water partition coefficient (Wildman–Crippen LogP) is 1.00. The molecule has 0 spiro atoms. The SMILES string of the molecule is O=C(Cn1cnnn1)N(Cc1ccc(F)cc1)C1CC1. The Kier molecular flexibility index (Phi) is 3.41. The molecule has 1 amide bonds. The first-order valence-electron chi connectivity index (χ1n) is 6.47. The molecule has 0 N–H and O–H groups in total. The number of nitrogens with zero attached hydrogens (tertiary/aromatic N) is 5. The van der Waals surface area contributed by atoms with Gasteiger partial charge in [0, 0.05) is 12.6 Å². The first-order chi connectivity index (χ1) is 9.72. The lowest BCUT2D eigenvalue weighted by Gasteiger charge is -2.22. The third-order valence-electron chi connectivity index (χ3n) is 3.26. The van der Waals surface area contributed by atoms with Crippen molar-refractivity contribution < 1.29 is 9.18 Å². The summed E-state index contributed by atoms with van der Waals surface area (Å²) in [6, 6.07) is 6.51. The van der Waals surface area contributed by atoms with Gasteiger partial charge in [-0.1, -0.05) is 12.1 Å². The van der Waals surface area contributed by atoms with Crippen LogP contribution in [0.1, 0.15) is 18.4 Å². The molecule has 1 heterocycles. The van der Waals surface area contributed by atoms with Gasteiger partial charge in [-0.15, -0.1) is 5.10 Å². The Balaban J connectivity index is 1.69. The zero-order chi connectivity index (χ0) is 13.9. The molecule has 1 aromatic heterocycles. The van der Waals surface area contributed by atoms with Gasteiger partial charge in [0.2, 0.25) is 5.91 Å². The van der Waals surface area contributed by atoms with Gasteiger partial charge in [0.1, 0.15) is 18.7 Å². The Morgan fingerprint density at radius 1 is 1.35 bits per heavy atom. The molecule has 0 saturated heterocycles. The third kappa shape index (κ3) is 2.98. The summed E-state index contributed by atoms with van der Waals surface area (Å²) in [6.45, 7) is 0.622. The zero-order valence-electron chi connectivity index (χ0n) is 10.8. The maximum absolute atomic E-state index is 12.9. The average molecular weight is 275 g/mol. The molecule has 7 heteroatoms. The maximum atomic E-state index is 12.9. The number of aromatic nitrogens is 4. The Labute approximate surface area is 115 Å². The van der Waals surface area contributed by atoms with Crippen LogP contribution in [0.3, 0.4) is 0 Å². The van der Waals surface area contributed by atoms with Gasteiger partial charge in [0.05, 0.1) is 0 Å². The van der Waals surface area contributed by atoms with Gasteiger partial charge in [-0.3, -0.25) is 4.79 Å². The summed E-state index contributed by atoms with van der Waals surface area (Å²) in [4.78, 5) is 14.1. The molecule has 0 bridgehead atoms. The Morgan fingerprint density at radius 2 is 2.10 bits per heavy atom. The lowest BCUT2D eigenvalue weighted by Crippen LogP contribution is -2.35. The molecule has 0 atom stereocenters. The number of carbonyl (C=O) groups excluding carboxylic acids is 1. The summed E-state index contributed by atoms with van der Waals surface area (Å²) in [5, 5.41) is 10.7. The van der Waals surface area contributed by atoms with Crippen molar-refractivity contribution in [3.8, 4) is 0 Å². The molecule has 0 radical (unpaired) electrons. The van der Waals surface area contributed by atoms with E-state index in [1.54, 1.807) is 12.1 Å². The number of hydrogen-bond acceptors (Lipinski definition) is 4. The molecule has 2 aromatic rings. The number of amides is 1. The first-order valence-corrected chi connectivity index (χ1v) is 6.47. The van der Waals surface area contributed by atoms with Crippen LogP contribution in [0.4, 0.5) is 4.39 Å². The Bertz CT molecular complexity index is 579. The molecule has 3 rings (SSSR count). The Morgan fingerprint density at radius 3 is 2.70 bits per heavy atom. The van der Waals surface area contributed by atoms with Crippen molar-refractivity contribution >= 4 is 5.91 Å². The highest BCUT2D eigenvalue weighted by Gasteiger charge is 2.32. The highest BCUT2D eigenvalue weighted by Crippen LogP contribution is 2.28.